The van der Waals surface area contributed by atoms with Crippen molar-refractivity contribution in [2.24, 2.45) is 0 Å². The molecule has 3 aromatic rings. The Kier molecular flexibility index (Phi) is 6.42. The fourth-order valence-electron chi connectivity index (χ4n) is 2.68. The number of rotatable bonds is 7. The van der Waals surface area contributed by atoms with E-state index in [4.69, 9.17) is 9.57 Å². The minimum atomic E-state index is -0.973. The molecular formula is C22H20N2O5. The van der Waals surface area contributed by atoms with Crippen molar-refractivity contribution in [3.8, 4) is 0 Å². The molecule has 1 atom stereocenters. The van der Waals surface area contributed by atoms with Gasteiger partial charge in [0.05, 0.1) is 18.9 Å². The zero-order chi connectivity index (χ0) is 20.6. The van der Waals surface area contributed by atoms with E-state index in [2.05, 4.69) is 5.32 Å². The lowest BCUT2D eigenvalue weighted by Crippen LogP contribution is -2.35. The Bertz CT molecular complexity index is 1030. The van der Waals surface area contributed by atoms with Gasteiger partial charge in [0.25, 0.3) is 11.5 Å². The molecular weight excluding hydrogens is 372 g/mol. The van der Waals surface area contributed by atoms with Crippen molar-refractivity contribution in [2.75, 3.05) is 7.11 Å². The molecule has 1 amide bonds. The van der Waals surface area contributed by atoms with Crippen LogP contribution in [0.2, 0.25) is 0 Å². The van der Waals surface area contributed by atoms with Crippen LogP contribution in [-0.4, -0.2) is 23.7 Å². The number of methoxy groups -OCH3 is 1. The number of nitrogens with one attached hydrogen (secondary N) is 1. The van der Waals surface area contributed by atoms with Crippen LogP contribution in [0.15, 0.2) is 83.8 Å². The van der Waals surface area contributed by atoms with Crippen LogP contribution in [0.4, 0.5) is 0 Å². The van der Waals surface area contributed by atoms with E-state index in [9.17, 15) is 14.4 Å². The zero-order valence-corrected chi connectivity index (χ0v) is 15.8. The Labute approximate surface area is 167 Å². The van der Waals surface area contributed by atoms with Gasteiger partial charge in [-0.1, -0.05) is 60.7 Å². The lowest BCUT2D eigenvalue weighted by atomic mass is 10.1. The molecule has 1 heterocycles. The molecule has 148 valence electrons. The third-order valence-electron chi connectivity index (χ3n) is 4.20. The molecule has 7 nitrogen and oxygen atoms in total. The van der Waals surface area contributed by atoms with Crippen molar-refractivity contribution in [3.05, 3.63) is 106 Å². The van der Waals surface area contributed by atoms with Crippen molar-refractivity contribution in [1.29, 1.82) is 0 Å². The summed E-state index contributed by atoms with van der Waals surface area (Å²) >= 11 is 0. The highest BCUT2D eigenvalue weighted by Crippen LogP contribution is 2.15. The SMILES string of the molecule is COC(=O)C(NC(=O)c1ccc(=O)n(OCc2ccccc2)c1)c1ccccc1. The Morgan fingerprint density at radius 1 is 0.966 bits per heavy atom. The highest BCUT2D eigenvalue weighted by atomic mass is 16.7. The lowest BCUT2D eigenvalue weighted by Gasteiger charge is -2.17. The van der Waals surface area contributed by atoms with Gasteiger partial charge in [-0.3, -0.25) is 9.59 Å². The molecule has 2 aromatic carbocycles. The Hall–Kier alpha value is -3.87. The number of hydrogen-bond acceptors (Lipinski definition) is 5. The van der Waals surface area contributed by atoms with Gasteiger partial charge in [-0.25, -0.2) is 4.79 Å². The summed E-state index contributed by atoms with van der Waals surface area (Å²) in [7, 11) is 1.25. The summed E-state index contributed by atoms with van der Waals surface area (Å²) in [6.07, 6.45) is 1.29. The third-order valence-corrected chi connectivity index (χ3v) is 4.20. The summed E-state index contributed by atoms with van der Waals surface area (Å²) in [5, 5.41) is 2.64. The van der Waals surface area contributed by atoms with Crippen molar-refractivity contribution in [2.45, 2.75) is 12.6 Å². The molecule has 0 aliphatic carbocycles. The van der Waals surface area contributed by atoms with Crippen LogP contribution in [0.5, 0.6) is 0 Å². The van der Waals surface area contributed by atoms with Gasteiger partial charge in [-0.2, -0.15) is 4.73 Å². The molecule has 0 saturated carbocycles. The summed E-state index contributed by atoms with van der Waals surface area (Å²) in [5.74, 6) is -1.14. The molecule has 0 aliphatic heterocycles. The predicted molar refractivity (Wildman–Crippen MR) is 106 cm³/mol. The predicted octanol–water partition coefficient (Wildman–Crippen LogP) is 2.12. The summed E-state index contributed by atoms with van der Waals surface area (Å²) in [6, 6.07) is 19.7. The maximum absolute atomic E-state index is 12.7. The van der Waals surface area contributed by atoms with Crippen LogP contribution >= 0.6 is 0 Å². The second-order valence-electron chi connectivity index (χ2n) is 6.18. The van der Waals surface area contributed by atoms with Crippen LogP contribution in [0.3, 0.4) is 0 Å². The molecule has 0 radical (unpaired) electrons. The normalized spacial score (nSPS) is 11.3. The van der Waals surface area contributed by atoms with E-state index in [1.165, 1.54) is 25.4 Å². The molecule has 1 N–H and O–H groups in total. The van der Waals surface area contributed by atoms with Gasteiger partial charge in [0, 0.05) is 6.07 Å². The fraction of sp³-hybridized carbons (Fsp3) is 0.136. The Balaban J connectivity index is 1.77. The minimum absolute atomic E-state index is 0.167. The van der Waals surface area contributed by atoms with E-state index in [1.807, 2.05) is 30.3 Å². The zero-order valence-electron chi connectivity index (χ0n) is 15.8. The molecule has 0 spiro atoms. The number of amides is 1. The van der Waals surface area contributed by atoms with E-state index < -0.39 is 23.5 Å². The highest BCUT2D eigenvalue weighted by Gasteiger charge is 2.24. The standard InChI is InChI=1S/C22H20N2O5/c1-28-22(27)20(17-10-6-3-7-11-17)23-21(26)18-12-13-19(25)24(14-18)29-15-16-8-4-2-5-9-16/h2-14,20H,15H2,1H3,(H,23,26). The first-order valence-electron chi connectivity index (χ1n) is 8.92. The van der Waals surface area contributed by atoms with Gasteiger partial charge in [0.2, 0.25) is 0 Å². The van der Waals surface area contributed by atoms with Gasteiger partial charge >= 0.3 is 5.97 Å². The lowest BCUT2D eigenvalue weighted by molar-refractivity contribution is -0.143. The maximum atomic E-state index is 12.7. The molecule has 0 fully saturated rings. The molecule has 0 bridgehead atoms. The minimum Gasteiger partial charge on any atom is -0.467 e. The van der Waals surface area contributed by atoms with Crippen LogP contribution in [0.1, 0.15) is 27.5 Å². The fourth-order valence-corrected chi connectivity index (χ4v) is 2.68. The molecule has 7 heteroatoms. The van der Waals surface area contributed by atoms with Gasteiger partial charge in [0.15, 0.2) is 6.04 Å². The first-order valence-corrected chi connectivity index (χ1v) is 8.92. The van der Waals surface area contributed by atoms with Gasteiger partial charge in [-0.15, -0.1) is 0 Å². The first kappa shape index (κ1) is 19.9. The number of hydrogen-bond donors (Lipinski definition) is 1. The smallest absolute Gasteiger partial charge is 0.333 e. The van der Waals surface area contributed by atoms with Gasteiger partial charge in [-0.05, 0) is 17.2 Å². The largest absolute Gasteiger partial charge is 0.467 e. The third kappa shape index (κ3) is 5.10. The number of nitrogens with zero attached hydrogens (tertiary/aromatic N) is 1. The van der Waals surface area contributed by atoms with Gasteiger partial charge in [0.1, 0.15) is 6.61 Å². The van der Waals surface area contributed by atoms with E-state index in [-0.39, 0.29) is 12.2 Å². The average molecular weight is 392 g/mol. The average Bonchev–Trinajstić information content (AvgIpc) is 2.77. The highest BCUT2D eigenvalue weighted by molar-refractivity contribution is 5.96. The monoisotopic (exact) mass is 392 g/mol. The van der Waals surface area contributed by atoms with Crippen LogP contribution in [0, 0.1) is 0 Å². The second kappa shape index (κ2) is 9.36. The number of carbonyl (C=O) groups is 2. The van der Waals surface area contributed by atoms with Crippen molar-refractivity contribution >= 4 is 11.9 Å². The van der Waals surface area contributed by atoms with E-state index >= 15 is 0 Å². The summed E-state index contributed by atoms with van der Waals surface area (Å²) in [4.78, 5) is 42.4. The summed E-state index contributed by atoms with van der Waals surface area (Å²) in [5.41, 5.74) is 1.22. The Morgan fingerprint density at radius 3 is 2.28 bits per heavy atom. The van der Waals surface area contributed by atoms with Gasteiger partial charge < -0.3 is 14.9 Å². The first-order chi connectivity index (χ1) is 14.1. The molecule has 0 aliphatic rings. The molecule has 1 aromatic heterocycles. The molecule has 3 rings (SSSR count). The number of ether oxygens (including phenoxy) is 1. The van der Waals surface area contributed by atoms with Crippen LogP contribution < -0.4 is 15.7 Å². The second-order valence-corrected chi connectivity index (χ2v) is 6.18. The molecule has 0 saturated heterocycles. The number of benzene rings is 2. The number of carbonyl (C=O) groups excluding carboxylic acids is 2. The van der Waals surface area contributed by atoms with Crippen LogP contribution in [0.25, 0.3) is 0 Å². The Morgan fingerprint density at radius 2 is 1.62 bits per heavy atom. The van der Waals surface area contributed by atoms with Crippen LogP contribution in [-0.2, 0) is 16.1 Å². The summed E-state index contributed by atoms with van der Waals surface area (Å²) < 4.78 is 5.80. The van der Waals surface area contributed by atoms with E-state index in [1.54, 1.807) is 30.3 Å². The maximum Gasteiger partial charge on any atom is 0.333 e. The topological polar surface area (TPSA) is 86.6 Å². The number of esters is 1. The number of aromatic nitrogens is 1. The molecule has 29 heavy (non-hydrogen) atoms. The van der Waals surface area contributed by atoms with E-state index in [0.717, 1.165) is 10.3 Å². The number of pyridine rings is 1. The van der Waals surface area contributed by atoms with Crippen molar-refractivity contribution in [1.82, 2.24) is 10.0 Å². The van der Waals surface area contributed by atoms with Crippen molar-refractivity contribution in [3.63, 3.8) is 0 Å². The summed E-state index contributed by atoms with van der Waals surface area (Å²) in [6.45, 7) is 0.167. The molecule has 1 unspecified atom stereocenters. The van der Waals surface area contributed by atoms with E-state index in [0.29, 0.717) is 5.56 Å². The quantitative estimate of drug-likeness (QED) is 0.623. The van der Waals surface area contributed by atoms with Crippen molar-refractivity contribution < 1.29 is 19.2 Å².